The Labute approximate surface area is 173 Å². The Bertz CT molecular complexity index is 903. The monoisotopic (exact) mass is 395 g/mol. The van der Waals surface area contributed by atoms with Crippen LogP contribution in [0.2, 0.25) is 0 Å². The van der Waals surface area contributed by atoms with Gasteiger partial charge in [-0.05, 0) is 56.7 Å². The van der Waals surface area contributed by atoms with Crippen LogP contribution in [0.25, 0.3) is 10.9 Å². The van der Waals surface area contributed by atoms with E-state index >= 15 is 0 Å². The Hall–Kier alpha value is -1.40. The topological polar surface area (TPSA) is 29.9 Å². The summed E-state index contributed by atoms with van der Waals surface area (Å²) in [5, 5.41) is 1.45. The molecule has 2 saturated heterocycles. The Kier molecular flexibility index (Phi) is 4.49. The van der Waals surface area contributed by atoms with Gasteiger partial charge in [0.15, 0.2) is 0 Å². The van der Waals surface area contributed by atoms with Crippen LogP contribution >= 0.6 is 0 Å². The summed E-state index contributed by atoms with van der Waals surface area (Å²) >= 11 is 0. The summed E-state index contributed by atoms with van der Waals surface area (Å²) < 4.78 is 14.7. The highest BCUT2D eigenvalue weighted by Crippen LogP contribution is 2.55. The number of rotatable bonds is 4. The highest BCUT2D eigenvalue weighted by Gasteiger charge is 2.53. The standard InChI is InChI=1S/C24H33N3O2/c1-24-18-5-4-9-26(24)10-8-20-19-6-2-3-7-21(19)27(23(20)24)22(17-18)29-16-13-25-11-14-28-15-12-25/h2-3,6-7,18,22H,4-5,8-17H2,1H3/t18-,22+,24+/m0/s1. The molecule has 6 rings (SSSR count). The third-order valence-electron chi connectivity index (χ3n) is 8.15. The molecule has 0 radical (unpaired) electrons. The molecule has 1 aromatic carbocycles. The fourth-order valence-corrected chi connectivity index (χ4v) is 6.65. The van der Waals surface area contributed by atoms with Crippen molar-refractivity contribution in [1.29, 1.82) is 0 Å². The number of morpholine rings is 1. The first-order valence-electron chi connectivity index (χ1n) is 11.6. The van der Waals surface area contributed by atoms with Gasteiger partial charge in [-0.25, -0.2) is 0 Å². The van der Waals surface area contributed by atoms with Gasteiger partial charge in [-0.15, -0.1) is 0 Å². The first kappa shape index (κ1) is 18.4. The Balaban J connectivity index is 1.37. The maximum absolute atomic E-state index is 6.65. The van der Waals surface area contributed by atoms with Gasteiger partial charge in [-0.1, -0.05) is 18.2 Å². The van der Waals surface area contributed by atoms with Crippen LogP contribution < -0.4 is 0 Å². The minimum Gasteiger partial charge on any atom is -0.379 e. The van der Waals surface area contributed by atoms with E-state index in [9.17, 15) is 0 Å². The summed E-state index contributed by atoms with van der Waals surface area (Å²) in [5.41, 5.74) is 4.71. The van der Waals surface area contributed by atoms with Crippen molar-refractivity contribution in [3.63, 3.8) is 0 Å². The molecule has 29 heavy (non-hydrogen) atoms. The normalized spacial score (nSPS) is 32.4. The average Bonchev–Trinajstić information content (AvgIpc) is 3.10. The van der Waals surface area contributed by atoms with Gasteiger partial charge in [0.2, 0.25) is 0 Å². The number of fused-ring (bicyclic) bond motifs is 3. The zero-order valence-corrected chi connectivity index (χ0v) is 17.6. The highest BCUT2D eigenvalue weighted by molar-refractivity contribution is 5.86. The predicted molar refractivity (Wildman–Crippen MR) is 114 cm³/mol. The SMILES string of the molecule is C[C@]12c3c4c5ccccc5n3[C@H](OCCN3CCOCC3)C[C@@H]1CCCN2CC4. The molecule has 4 aliphatic rings. The molecule has 2 fully saturated rings. The van der Waals surface area contributed by atoms with E-state index in [4.69, 9.17) is 9.47 Å². The molecule has 4 aliphatic heterocycles. The van der Waals surface area contributed by atoms with E-state index < -0.39 is 0 Å². The van der Waals surface area contributed by atoms with Crippen LogP contribution in [0.4, 0.5) is 0 Å². The average molecular weight is 396 g/mol. The van der Waals surface area contributed by atoms with Gasteiger partial charge in [0.05, 0.1) is 30.9 Å². The van der Waals surface area contributed by atoms with Crippen LogP contribution in [0.3, 0.4) is 0 Å². The number of ether oxygens (including phenoxy) is 2. The van der Waals surface area contributed by atoms with E-state index in [0.29, 0.717) is 5.92 Å². The molecule has 156 valence electrons. The number of aromatic nitrogens is 1. The van der Waals surface area contributed by atoms with Crippen LogP contribution in [0.15, 0.2) is 24.3 Å². The summed E-state index contributed by atoms with van der Waals surface area (Å²) in [6.07, 6.45) is 5.14. The van der Waals surface area contributed by atoms with Gasteiger partial charge < -0.3 is 14.0 Å². The molecule has 5 heteroatoms. The van der Waals surface area contributed by atoms with Crippen molar-refractivity contribution < 1.29 is 9.47 Å². The Morgan fingerprint density at radius 3 is 2.90 bits per heavy atom. The minimum atomic E-state index is 0.167. The fourth-order valence-electron chi connectivity index (χ4n) is 6.65. The smallest absolute Gasteiger partial charge is 0.134 e. The number of hydrogen-bond donors (Lipinski definition) is 0. The van der Waals surface area contributed by atoms with E-state index in [-0.39, 0.29) is 11.8 Å². The second kappa shape index (κ2) is 7.09. The third-order valence-corrected chi connectivity index (χ3v) is 8.15. The fraction of sp³-hybridized carbons (Fsp3) is 0.667. The molecule has 0 unspecified atom stereocenters. The molecule has 1 aromatic heterocycles. The number of para-hydroxylation sites is 1. The second-order valence-electron chi connectivity index (χ2n) is 9.45. The molecule has 0 N–H and O–H groups in total. The van der Waals surface area contributed by atoms with Gasteiger partial charge in [-0.3, -0.25) is 9.80 Å². The largest absolute Gasteiger partial charge is 0.379 e. The van der Waals surface area contributed by atoms with Gasteiger partial charge in [0, 0.05) is 37.3 Å². The van der Waals surface area contributed by atoms with Crippen molar-refractivity contribution in [1.82, 2.24) is 14.4 Å². The van der Waals surface area contributed by atoms with Crippen molar-refractivity contribution in [2.24, 2.45) is 5.92 Å². The molecule has 5 nitrogen and oxygen atoms in total. The van der Waals surface area contributed by atoms with Crippen LogP contribution in [-0.4, -0.2) is 66.9 Å². The summed E-state index contributed by atoms with van der Waals surface area (Å²) in [7, 11) is 0. The molecule has 5 heterocycles. The van der Waals surface area contributed by atoms with Crippen molar-refractivity contribution in [2.45, 2.75) is 44.4 Å². The first-order valence-corrected chi connectivity index (χ1v) is 11.6. The van der Waals surface area contributed by atoms with E-state index in [2.05, 4.69) is 45.6 Å². The van der Waals surface area contributed by atoms with E-state index in [1.165, 1.54) is 43.3 Å². The molecule has 0 saturated carbocycles. The van der Waals surface area contributed by atoms with Crippen LogP contribution in [-0.2, 0) is 21.4 Å². The maximum Gasteiger partial charge on any atom is 0.134 e. The summed E-state index contributed by atoms with van der Waals surface area (Å²) in [4.78, 5) is 5.25. The highest BCUT2D eigenvalue weighted by atomic mass is 16.5. The van der Waals surface area contributed by atoms with Crippen LogP contribution in [0, 0.1) is 5.92 Å². The summed E-state index contributed by atoms with van der Waals surface area (Å²) in [5.74, 6) is 0.695. The van der Waals surface area contributed by atoms with E-state index in [1.54, 1.807) is 11.3 Å². The lowest BCUT2D eigenvalue weighted by atomic mass is 9.68. The van der Waals surface area contributed by atoms with Crippen molar-refractivity contribution in [3.8, 4) is 0 Å². The molecule has 0 bridgehead atoms. The molecule has 2 aromatic rings. The lowest BCUT2D eigenvalue weighted by molar-refractivity contribution is -0.101. The number of benzene rings is 1. The van der Waals surface area contributed by atoms with Gasteiger partial charge in [0.1, 0.15) is 6.23 Å². The molecule has 0 amide bonds. The zero-order valence-electron chi connectivity index (χ0n) is 17.6. The van der Waals surface area contributed by atoms with E-state index in [1.807, 2.05) is 0 Å². The molecular weight excluding hydrogens is 362 g/mol. The summed E-state index contributed by atoms with van der Waals surface area (Å²) in [6.45, 7) is 10.6. The zero-order chi connectivity index (χ0) is 19.4. The van der Waals surface area contributed by atoms with Crippen molar-refractivity contribution in [3.05, 3.63) is 35.5 Å². The predicted octanol–water partition coefficient (Wildman–Crippen LogP) is 3.38. The third kappa shape index (κ3) is 2.74. The Morgan fingerprint density at radius 1 is 1.14 bits per heavy atom. The lowest BCUT2D eigenvalue weighted by Gasteiger charge is -2.57. The lowest BCUT2D eigenvalue weighted by Crippen LogP contribution is -2.59. The maximum atomic E-state index is 6.65. The van der Waals surface area contributed by atoms with Crippen LogP contribution in [0.1, 0.15) is 43.7 Å². The molecule has 3 atom stereocenters. The molecular formula is C24H33N3O2. The van der Waals surface area contributed by atoms with Gasteiger partial charge in [-0.2, -0.15) is 0 Å². The minimum absolute atomic E-state index is 0.167. The molecule has 0 spiro atoms. The summed E-state index contributed by atoms with van der Waals surface area (Å²) in [6, 6.07) is 9.03. The number of piperidine rings is 1. The van der Waals surface area contributed by atoms with Crippen LogP contribution in [0.5, 0.6) is 0 Å². The van der Waals surface area contributed by atoms with Gasteiger partial charge in [0.25, 0.3) is 0 Å². The second-order valence-corrected chi connectivity index (χ2v) is 9.45. The van der Waals surface area contributed by atoms with Crippen molar-refractivity contribution in [2.75, 3.05) is 52.5 Å². The van der Waals surface area contributed by atoms with E-state index in [0.717, 1.165) is 45.9 Å². The Morgan fingerprint density at radius 2 is 2.00 bits per heavy atom. The van der Waals surface area contributed by atoms with Gasteiger partial charge >= 0.3 is 0 Å². The number of hydrogen-bond acceptors (Lipinski definition) is 4. The quantitative estimate of drug-likeness (QED) is 0.794. The van der Waals surface area contributed by atoms with Crippen molar-refractivity contribution >= 4 is 10.9 Å². The first-order chi connectivity index (χ1) is 14.3. The molecule has 0 aliphatic carbocycles. The number of nitrogens with zero attached hydrogens (tertiary/aromatic N) is 3.